The Morgan fingerprint density at radius 3 is 2.71 bits per heavy atom. The molecule has 3 rings (SSSR count). The van der Waals surface area contributed by atoms with Gasteiger partial charge in [-0.05, 0) is 19.9 Å². The first-order valence-electron chi connectivity index (χ1n) is 6.80. The number of carbonyl (C=O) groups is 1. The molecule has 5 heteroatoms. The van der Waals surface area contributed by atoms with Crippen LogP contribution in [0.4, 0.5) is 0 Å². The van der Waals surface area contributed by atoms with Crippen LogP contribution in [-0.4, -0.2) is 16.1 Å². The standard InChI is InChI=1S/C16H15ClN2O2/c1-10(2)18-14-8-11-6-4-3-5-7-12(11)19(14)16(21)15(18)13(20)9-17/h3-8,10H,9H2,1-2H3. The quantitative estimate of drug-likeness (QED) is 0.424. The molecule has 4 nitrogen and oxygen atoms in total. The molecule has 0 saturated carbocycles. The van der Waals surface area contributed by atoms with Crippen LogP contribution < -0.4 is 9.67 Å². The highest BCUT2D eigenvalue weighted by Gasteiger charge is 2.29. The third-order valence-electron chi connectivity index (χ3n) is 3.60. The Kier molecular flexibility index (Phi) is 3.33. The fraction of sp³-hybridized carbons (Fsp3) is 0.250. The average Bonchev–Trinajstić information content (AvgIpc) is 2.83. The molecule has 0 atom stereocenters. The molecule has 0 N–H and O–H groups in total. The van der Waals surface area contributed by atoms with Gasteiger partial charge in [0.1, 0.15) is 11.4 Å². The van der Waals surface area contributed by atoms with E-state index in [0.29, 0.717) is 0 Å². The Labute approximate surface area is 127 Å². The zero-order chi connectivity index (χ0) is 15.1. The molecule has 0 amide bonds. The van der Waals surface area contributed by atoms with E-state index in [2.05, 4.69) is 0 Å². The van der Waals surface area contributed by atoms with Crippen molar-refractivity contribution in [2.24, 2.45) is 0 Å². The van der Waals surface area contributed by atoms with Crippen LogP contribution in [0.3, 0.4) is 0 Å². The van der Waals surface area contributed by atoms with Crippen LogP contribution in [-0.2, 0) is 0 Å². The first-order chi connectivity index (χ1) is 10.1. The lowest BCUT2D eigenvalue weighted by Gasteiger charge is -2.06. The highest BCUT2D eigenvalue weighted by Crippen LogP contribution is 2.26. The van der Waals surface area contributed by atoms with E-state index in [-0.39, 0.29) is 29.3 Å². The van der Waals surface area contributed by atoms with E-state index < -0.39 is 0 Å². The minimum absolute atomic E-state index is 0.00423. The summed E-state index contributed by atoms with van der Waals surface area (Å²) >= 11 is 5.66. The van der Waals surface area contributed by atoms with E-state index in [1.165, 1.54) is 0 Å². The molecular formula is C16H15ClN2O2. The van der Waals surface area contributed by atoms with Crippen LogP contribution in [0.25, 0.3) is 16.6 Å². The lowest BCUT2D eigenvalue weighted by molar-refractivity contribution is -0.693. The highest BCUT2D eigenvalue weighted by molar-refractivity contribution is 6.30. The fourth-order valence-corrected chi connectivity index (χ4v) is 2.88. The molecule has 3 aromatic rings. The Balaban J connectivity index is 2.51. The number of nitrogens with zero attached hydrogens (tertiary/aromatic N) is 2. The zero-order valence-corrected chi connectivity index (χ0v) is 12.6. The summed E-state index contributed by atoms with van der Waals surface area (Å²) in [5, 5.41) is 13.7. The van der Waals surface area contributed by atoms with E-state index in [9.17, 15) is 9.90 Å². The van der Waals surface area contributed by atoms with Crippen molar-refractivity contribution < 1.29 is 14.5 Å². The summed E-state index contributed by atoms with van der Waals surface area (Å²) in [5.41, 5.74) is 1.68. The number of fused-ring (bicyclic) bond motifs is 3. The SMILES string of the molecule is CC(C)[n+]1c(C(=O)CCl)c([O-])n2c3cccccc3cc21. The van der Waals surface area contributed by atoms with Crippen LogP contribution >= 0.6 is 11.6 Å². The summed E-state index contributed by atoms with van der Waals surface area (Å²) in [6.45, 7) is 3.89. The van der Waals surface area contributed by atoms with Gasteiger partial charge in [-0.3, -0.25) is 4.79 Å². The third kappa shape index (κ3) is 1.98. The summed E-state index contributed by atoms with van der Waals surface area (Å²) in [4.78, 5) is 12.1. The predicted octanol–water partition coefficient (Wildman–Crippen LogP) is 2.46. The minimum Gasteiger partial charge on any atom is -0.839 e. The van der Waals surface area contributed by atoms with Gasteiger partial charge in [0.2, 0.25) is 11.5 Å². The van der Waals surface area contributed by atoms with E-state index in [0.717, 1.165) is 16.6 Å². The van der Waals surface area contributed by atoms with Crippen molar-refractivity contribution in [1.82, 2.24) is 4.40 Å². The molecule has 108 valence electrons. The lowest BCUT2D eigenvalue weighted by Crippen LogP contribution is -2.41. The molecule has 2 aromatic heterocycles. The topological polar surface area (TPSA) is 48.4 Å². The number of alkyl halides is 1. The predicted molar refractivity (Wildman–Crippen MR) is 80.0 cm³/mol. The molecule has 0 unspecified atom stereocenters. The first-order valence-corrected chi connectivity index (χ1v) is 7.33. The van der Waals surface area contributed by atoms with Gasteiger partial charge in [-0.2, -0.15) is 0 Å². The number of halogens is 1. The monoisotopic (exact) mass is 302 g/mol. The van der Waals surface area contributed by atoms with Gasteiger partial charge in [0.15, 0.2) is 0 Å². The van der Waals surface area contributed by atoms with Crippen LogP contribution in [0.5, 0.6) is 5.88 Å². The molecule has 0 aliphatic heterocycles. The Bertz CT molecular complexity index is 852. The Morgan fingerprint density at radius 2 is 2.05 bits per heavy atom. The number of hydrogen-bond donors (Lipinski definition) is 0. The minimum atomic E-state index is -0.340. The number of rotatable bonds is 3. The zero-order valence-electron chi connectivity index (χ0n) is 11.8. The molecule has 21 heavy (non-hydrogen) atoms. The molecular weight excluding hydrogens is 288 g/mol. The van der Waals surface area contributed by atoms with Gasteiger partial charge in [-0.25, -0.2) is 8.97 Å². The van der Waals surface area contributed by atoms with Crippen molar-refractivity contribution in [3.8, 4) is 5.88 Å². The lowest BCUT2D eigenvalue weighted by atomic mass is 10.2. The molecule has 0 radical (unpaired) electrons. The number of hydrogen-bond acceptors (Lipinski definition) is 2. The summed E-state index contributed by atoms with van der Waals surface area (Å²) in [6, 6.07) is 11.5. The second kappa shape index (κ2) is 5.04. The van der Waals surface area contributed by atoms with Crippen molar-refractivity contribution in [2.75, 3.05) is 5.88 Å². The van der Waals surface area contributed by atoms with E-state index >= 15 is 0 Å². The van der Waals surface area contributed by atoms with Gasteiger partial charge in [-0.1, -0.05) is 24.3 Å². The highest BCUT2D eigenvalue weighted by atomic mass is 35.5. The number of Topliss-reactive ketones (excluding diaryl/α,β-unsaturated/α-hetero) is 1. The Hall–Kier alpha value is -2.07. The number of imidazole rings is 1. The van der Waals surface area contributed by atoms with Gasteiger partial charge >= 0.3 is 0 Å². The smallest absolute Gasteiger partial charge is 0.287 e. The maximum atomic E-state index is 12.7. The number of aromatic nitrogens is 2. The van der Waals surface area contributed by atoms with Crippen molar-refractivity contribution in [2.45, 2.75) is 19.9 Å². The first kappa shape index (κ1) is 13.9. The van der Waals surface area contributed by atoms with E-state index in [4.69, 9.17) is 11.6 Å². The normalized spacial score (nSPS) is 11.6. The molecule has 0 fully saturated rings. The van der Waals surface area contributed by atoms with Gasteiger partial charge in [0.05, 0.1) is 11.9 Å². The molecule has 0 saturated heterocycles. The van der Waals surface area contributed by atoms with Crippen LogP contribution in [0, 0.1) is 0 Å². The molecule has 0 spiro atoms. The van der Waals surface area contributed by atoms with Gasteiger partial charge < -0.3 is 5.11 Å². The van der Waals surface area contributed by atoms with E-state index in [1.54, 1.807) is 8.97 Å². The molecule has 2 heterocycles. The number of ketones is 1. The maximum Gasteiger partial charge on any atom is 0.287 e. The van der Waals surface area contributed by atoms with Crippen LogP contribution in [0.1, 0.15) is 30.4 Å². The summed E-state index contributed by atoms with van der Waals surface area (Å²) in [7, 11) is 0. The second-order valence-electron chi connectivity index (χ2n) is 5.26. The second-order valence-corrected chi connectivity index (χ2v) is 5.53. The summed E-state index contributed by atoms with van der Waals surface area (Å²) in [5.74, 6) is -0.834. The average molecular weight is 303 g/mol. The van der Waals surface area contributed by atoms with Crippen molar-refractivity contribution in [3.05, 3.63) is 42.1 Å². The van der Waals surface area contributed by atoms with Crippen LogP contribution in [0.15, 0.2) is 36.4 Å². The molecule has 1 aromatic carbocycles. The van der Waals surface area contributed by atoms with Gasteiger partial charge in [0.25, 0.3) is 5.65 Å². The summed E-state index contributed by atoms with van der Waals surface area (Å²) < 4.78 is 3.36. The fourth-order valence-electron chi connectivity index (χ4n) is 2.76. The van der Waals surface area contributed by atoms with Crippen LogP contribution in [0.2, 0.25) is 0 Å². The molecule has 0 aliphatic rings. The van der Waals surface area contributed by atoms with Gasteiger partial charge in [-0.15, -0.1) is 11.6 Å². The Morgan fingerprint density at radius 1 is 1.33 bits per heavy atom. The molecule has 0 bridgehead atoms. The largest absolute Gasteiger partial charge is 0.839 e. The van der Waals surface area contributed by atoms with E-state index in [1.807, 2.05) is 50.2 Å². The van der Waals surface area contributed by atoms with Gasteiger partial charge in [0, 0.05) is 11.5 Å². The van der Waals surface area contributed by atoms with Crippen molar-refractivity contribution in [3.63, 3.8) is 0 Å². The van der Waals surface area contributed by atoms with Crippen molar-refractivity contribution in [1.29, 1.82) is 0 Å². The third-order valence-corrected chi connectivity index (χ3v) is 3.84. The molecule has 0 aliphatic carbocycles. The number of carbonyl (C=O) groups excluding carboxylic acids is 1. The van der Waals surface area contributed by atoms with Crippen molar-refractivity contribution >= 4 is 33.9 Å². The maximum absolute atomic E-state index is 12.7. The summed E-state index contributed by atoms with van der Waals surface area (Å²) in [6.07, 6.45) is 0.